The summed E-state index contributed by atoms with van der Waals surface area (Å²) in [7, 11) is 0. The Morgan fingerprint density at radius 1 is 1.45 bits per heavy atom. The van der Waals surface area contributed by atoms with Crippen molar-refractivity contribution in [2.75, 3.05) is 0 Å². The van der Waals surface area contributed by atoms with Gasteiger partial charge in [0, 0.05) is 6.20 Å². The van der Waals surface area contributed by atoms with E-state index >= 15 is 0 Å². The Labute approximate surface area is 64.5 Å². The molecular formula is C9H6NO. The molecule has 0 saturated carbocycles. The van der Waals surface area contributed by atoms with Gasteiger partial charge in [-0.2, -0.15) is 0 Å². The van der Waals surface area contributed by atoms with E-state index in [0.29, 0.717) is 0 Å². The smallest absolute Gasteiger partial charge is 0.152 e. The molecule has 11 heavy (non-hydrogen) atoms. The predicted molar refractivity (Wildman–Crippen MR) is 40.8 cm³/mol. The number of furan rings is 1. The predicted octanol–water partition coefficient (Wildman–Crippen LogP) is 2.14. The molecule has 0 atom stereocenters. The molecule has 2 nitrogen and oxygen atoms in total. The zero-order chi connectivity index (χ0) is 7.52. The molecule has 1 radical (unpaired) electrons. The molecule has 53 valence electrons. The van der Waals surface area contributed by atoms with Crippen molar-refractivity contribution in [2.24, 2.45) is 0 Å². The number of aromatic nitrogens is 1. The first-order valence-corrected chi connectivity index (χ1v) is 3.33. The Hall–Kier alpha value is -1.57. The van der Waals surface area contributed by atoms with Crippen molar-refractivity contribution < 1.29 is 4.42 Å². The second-order valence-electron chi connectivity index (χ2n) is 2.12. The van der Waals surface area contributed by atoms with Crippen molar-refractivity contribution in [1.29, 1.82) is 0 Å². The Balaban J connectivity index is 2.46. The van der Waals surface area contributed by atoms with Crippen molar-refractivity contribution in [3.63, 3.8) is 0 Å². The molecule has 0 bridgehead atoms. The Kier molecular flexibility index (Phi) is 1.44. The van der Waals surface area contributed by atoms with Gasteiger partial charge in [-0.15, -0.1) is 0 Å². The fraction of sp³-hybridized carbons (Fsp3) is 0. The summed E-state index contributed by atoms with van der Waals surface area (Å²) in [5.41, 5.74) is 0.817. The molecule has 2 aromatic heterocycles. The van der Waals surface area contributed by atoms with Crippen LogP contribution >= 0.6 is 0 Å². The first-order chi connectivity index (χ1) is 5.47. The maximum absolute atomic E-state index is 5.14. The van der Waals surface area contributed by atoms with Crippen molar-refractivity contribution in [3.8, 4) is 11.5 Å². The van der Waals surface area contributed by atoms with E-state index < -0.39 is 0 Å². The largest absolute Gasteiger partial charge is 0.463 e. The van der Waals surface area contributed by atoms with Gasteiger partial charge in [0.05, 0.1) is 6.26 Å². The molecule has 0 aromatic carbocycles. The van der Waals surface area contributed by atoms with E-state index in [0.717, 1.165) is 11.5 Å². The molecule has 2 heterocycles. The van der Waals surface area contributed by atoms with Gasteiger partial charge in [0.25, 0.3) is 0 Å². The van der Waals surface area contributed by atoms with Crippen molar-refractivity contribution in [2.45, 2.75) is 0 Å². The van der Waals surface area contributed by atoms with Gasteiger partial charge >= 0.3 is 0 Å². The molecule has 2 rings (SSSR count). The van der Waals surface area contributed by atoms with Crippen molar-refractivity contribution in [3.05, 3.63) is 42.8 Å². The van der Waals surface area contributed by atoms with E-state index in [-0.39, 0.29) is 0 Å². The maximum atomic E-state index is 5.14. The van der Waals surface area contributed by atoms with Crippen molar-refractivity contribution >= 4 is 0 Å². The number of hydrogen-bond acceptors (Lipinski definition) is 2. The average Bonchev–Trinajstić information content (AvgIpc) is 2.58. The highest BCUT2D eigenvalue weighted by atomic mass is 16.3. The molecule has 0 aliphatic heterocycles. The van der Waals surface area contributed by atoms with Crippen LogP contribution in [0.4, 0.5) is 0 Å². The van der Waals surface area contributed by atoms with Crippen LogP contribution in [0.25, 0.3) is 11.5 Å². The quantitative estimate of drug-likeness (QED) is 0.612. The fourth-order valence-electron chi connectivity index (χ4n) is 0.884. The molecule has 0 fully saturated rings. The summed E-state index contributed by atoms with van der Waals surface area (Å²) in [6.45, 7) is 0. The van der Waals surface area contributed by atoms with Gasteiger partial charge in [-0.1, -0.05) is 0 Å². The molecule has 2 heteroatoms. The van der Waals surface area contributed by atoms with Crippen LogP contribution in [0.5, 0.6) is 0 Å². The molecule has 0 aliphatic carbocycles. The van der Waals surface area contributed by atoms with Crippen LogP contribution in [0, 0.1) is 6.07 Å². The van der Waals surface area contributed by atoms with Crippen LogP contribution in [0.15, 0.2) is 41.1 Å². The zero-order valence-corrected chi connectivity index (χ0v) is 5.82. The highest BCUT2D eigenvalue weighted by Crippen LogP contribution is 2.15. The normalized spacial score (nSPS) is 9.82. The van der Waals surface area contributed by atoms with Gasteiger partial charge < -0.3 is 4.42 Å². The van der Waals surface area contributed by atoms with E-state index in [1.807, 2.05) is 12.1 Å². The van der Waals surface area contributed by atoms with Crippen LogP contribution < -0.4 is 0 Å². The lowest BCUT2D eigenvalue weighted by Gasteiger charge is -1.91. The monoisotopic (exact) mass is 144 g/mol. The third-order valence-electron chi connectivity index (χ3n) is 1.38. The lowest BCUT2D eigenvalue weighted by molar-refractivity contribution is 0.580. The Morgan fingerprint density at radius 3 is 3.09 bits per heavy atom. The van der Waals surface area contributed by atoms with Gasteiger partial charge in [0.2, 0.25) is 0 Å². The fourth-order valence-corrected chi connectivity index (χ4v) is 0.884. The van der Waals surface area contributed by atoms with E-state index in [9.17, 15) is 0 Å². The molecular weight excluding hydrogens is 138 g/mol. The third-order valence-corrected chi connectivity index (χ3v) is 1.38. The highest BCUT2D eigenvalue weighted by Gasteiger charge is 1.97. The lowest BCUT2D eigenvalue weighted by atomic mass is 10.3. The summed E-state index contributed by atoms with van der Waals surface area (Å²) in [6.07, 6.45) is 3.32. The van der Waals surface area contributed by atoms with Crippen molar-refractivity contribution in [1.82, 2.24) is 4.98 Å². The first kappa shape index (κ1) is 6.16. The highest BCUT2D eigenvalue weighted by molar-refractivity contribution is 5.50. The summed E-state index contributed by atoms with van der Waals surface area (Å²) < 4.78 is 5.14. The van der Waals surface area contributed by atoms with Crippen LogP contribution in [0.1, 0.15) is 0 Å². The van der Waals surface area contributed by atoms with Crippen LogP contribution in [0.3, 0.4) is 0 Å². The molecule has 2 aromatic rings. The van der Waals surface area contributed by atoms with E-state index in [4.69, 9.17) is 4.42 Å². The molecule has 0 unspecified atom stereocenters. The van der Waals surface area contributed by atoms with Gasteiger partial charge in [-0.3, -0.25) is 4.98 Å². The third kappa shape index (κ3) is 1.15. The van der Waals surface area contributed by atoms with E-state index in [2.05, 4.69) is 11.1 Å². The summed E-state index contributed by atoms with van der Waals surface area (Å²) >= 11 is 0. The minimum absolute atomic E-state index is 0.779. The first-order valence-electron chi connectivity index (χ1n) is 3.33. The zero-order valence-electron chi connectivity index (χ0n) is 5.82. The van der Waals surface area contributed by atoms with Crippen LogP contribution in [-0.4, -0.2) is 4.98 Å². The molecule has 0 spiro atoms. The minimum Gasteiger partial charge on any atom is -0.463 e. The van der Waals surface area contributed by atoms with Gasteiger partial charge in [-0.05, 0) is 30.3 Å². The molecule has 0 aliphatic rings. The molecule has 0 amide bonds. The average molecular weight is 144 g/mol. The van der Waals surface area contributed by atoms with E-state index in [1.54, 1.807) is 24.6 Å². The standard InChI is InChI=1S/C9H6NO/c1-2-6-10-8(4-1)9-5-3-7-11-9/h2-7H. The summed E-state index contributed by atoms with van der Waals surface area (Å²) in [4.78, 5) is 4.10. The number of pyridine rings is 1. The molecule has 0 N–H and O–H groups in total. The summed E-state index contributed by atoms with van der Waals surface area (Å²) in [5, 5.41) is 0. The Morgan fingerprint density at radius 2 is 2.45 bits per heavy atom. The number of rotatable bonds is 1. The number of hydrogen-bond donors (Lipinski definition) is 0. The van der Waals surface area contributed by atoms with Gasteiger partial charge in [0.1, 0.15) is 5.69 Å². The second kappa shape index (κ2) is 2.58. The second-order valence-corrected chi connectivity index (χ2v) is 2.12. The maximum Gasteiger partial charge on any atom is 0.152 e. The lowest BCUT2D eigenvalue weighted by Crippen LogP contribution is -1.76. The van der Waals surface area contributed by atoms with Gasteiger partial charge in [0.15, 0.2) is 5.76 Å². The van der Waals surface area contributed by atoms with Crippen LogP contribution in [0.2, 0.25) is 0 Å². The van der Waals surface area contributed by atoms with Gasteiger partial charge in [-0.25, -0.2) is 0 Å². The SMILES string of the molecule is [c]1ccnc(-c2ccco2)c1. The molecule has 0 saturated heterocycles. The topological polar surface area (TPSA) is 26.0 Å². The summed E-state index contributed by atoms with van der Waals surface area (Å²) in [5.74, 6) is 0.779. The van der Waals surface area contributed by atoms with E-state index in [1.165, 1.54) is 0 Å². The minimum atomic E-state index is 0.779. The Bertz CT molecular complexity index is 313. The van der Waals surface area contributed by atoms with Crippen LogP contribution in [-0.2, 0) is 0 Å². The summed E-state index contributed by atoms with van der Waals surface area (Å²) in [6, 6.07) is 10.2. The number of nitrogens with zero attached hydrogens (tertiary/aromatic N) is 1.